The predicted molar refractivity (Wildman–Crippen MR) is 84.0 cm³/mol. The second kappa shape index (κ2) is 12.7. The first-order chi connectivity index (χ1) is 10.3. The maximum absolute atomic E-state index is 11.5. The molecule has 0 atom stereocenters. The number of rotatable bonds is 0. The molecule has 0 aliphatic carbocycles. The standard InChI is InChI=1S/C17H31NO3/c19-16-13-11-9-7-5-3-1-2-4-6-8-10-12-14-21-17(20)15-18-16/h1-15H2,(H,18,19). The number of cyclic esters (lactones) is 1. The number of hydrogen-bond acceptors (Lipinski definition) is 3. The van der Waals surface area contributed by atoms with Gasteiger partial charge in [-0.1, -0.05) is 64.2 Å². The van der Waals surface area contributed by atoms with Crippen molar-refractivity contribution in [3.05, 3.63) is 0 Å². The minimum atomic E-state index is -0.318. The van der Waals surface area contributed by atoms with Gasteiger partial charge in [-0.25, -0.2) is 0 Å². The van der Waals surface area contributed by atoms with Crippen LogP contribution in [0.25, 0.3) is 0 Å². The van der Waals surface area contributed by atoms with Gasteiger partial charge in [0, 0.05) is 6.42 Å². The van der Waals surface area contributed by atoms with Crippen LogP contribution in [0.3, 0.4) is 0 Å². The fourth-order valence-corrected chi connectivity index (χ4v) is 2.65. The molecule has 0 aromatic carbocycles. The third-order valence-corrected chi connectivity index (χ3v) is 3.99. The first-order valence-corrected chi connectivity index (χ1v) is 8.71. The summed E-state index contributed by atoms with van der Waals surface area (Å²) in [6, 6.07) is 0. The monoisotopic (exact) mass is 297 g/mol. The van der Waals surface area contributed by atoms with Crippen LogP contribution in [0.1, 0.15) is 83.5 Å². The third kappa shape index (κ3) is 11.3. The molecule has 1 N–H and O–H groups in total. The van der Waals surface area contributed by atoms with Crippen molar-refractivity contribution in [2.24, 2.45) is 0 Å². The quantitative estimate of drug-likeness (QED) is 0.693. The van der Waals surface area contributed by atoms with E-state index in [2.05, 4.69) is 5.32 Å². The van der Waals surface area contributed by atoms with E-state index >= 15 is 0 Å². The number of carbonyl (C=O) groups excluding carboxylic acids is 2. The van der Waals surface area contributed by atoms with Crippen molar-refractivity contribution in [1.29, 1.82) is 0 Å². The second-order valence-electron chi connectivity index (χ2n) is 5.99. The lowest BCUT2D eigenvalue weighted by molar-refractivity contribution is -0.144. The van der Waals surface area contributed by atoms with Crippen LogP contribution < -0.4 is 5.32 Å². The molecule has 1 fully saturated rings. The van der Waals surface area contributed by atoms with Gasteiger partial charge in [0.05, 0.1) is 6.61 Å². The number of ether oxygens (including phenoxy) is 1. The summed E-state index contributed by atoms with van der Waals surface area (Å²) in [4.78, 5) is 23.0. The van der Waals surface area contributed by atoms with Gasteiger partial charge in [-0.05, 0) is 12.8 Å². The molecule has 0 spiro atoms. The summed E-state index contributed by atoms with van der Waals surface area (Å²) in [5.74, 6) is -0.355. The third-order valence-electron chi connectivity index (χ3n) is 3.99. The highest BCUT2D eigenvalue weighted by atomic mass is 16.5. The van der Waals surface area contributed by atoms with Crippen LogP contribution >= 0.6 is 0 Å². The smallest absolute Gasteiger partial charge is 0.325 e. The van der Waals surface area contributed by atoms with Gasteiger partial charge < -0.3 is 10.1 Å². The number of hydrogen-bond donors (Lipinski definition) is 1. The van der Waals surface area contributed by atoms with Crippen molar-refractivity contribution < 1.29 is 14.3 Å². The molecule has 1 rings (SSSR count). The Morgan fingerprint density at radius 3 is 1.71 bits per heavy atom. The van der Waals surface area contributed by atoms with Gasteiger partial charge in [0.2, 0.25) is 5.91 Å². The summed E-state index contributed by atoms with van der Waals surface area (Å²) in [6.07, 6.45) is 15.0. The molecule has 0 radical (unpaired) electrons. The van der Waals surface area contributed by atoms with Gasteiger partial charge in [0.15, 0.2) is 0 Å². The van der Waals surface area contributed by atoms with Gasteiger partial charge in [-0.15, -0.1) is 0 Å². The van der Waals surface area contributed by atoms with Crippen LogP contribution in [0.5, 0.6) is 0 Å². The fourth-order valence-electron chi connectivity index (χ4n) is 2.65. The first kappa shape index (κ1) is 18.0. The van der Waals surface area contributed by atoms with Gasteiger partial charge >= 0.3 is 5.97 Å². The van der Waals surface area contributed by atoms with Crippen LogP contribution in [-0.2, 0) is 14.3 Å². The van der Waals surface area contributed by atoms with Crippen LogP contribution in [0, 0.1) is 0 Å². The topological polar surface area (TPSA) is 55.4 Å². The van der Waals surface area contributed by atoms with E-state index in [-0.39, 0.29) is 18.4 Å². The van der Waals surface area contributed by atoms with Crippen molar-refractivity contribution in [2.75, 3.05) is 13.2 Å². The summed E-state index contributed by atoms with van der Waals surface area (Å²) >= 11 is 0. The highest BCUT2D eigenvalue weighted by Gasteiger charge is 2.06. The molecular formula is C17H31NO3. The highest BCUT2D eigenvalue weighted by Crippen LogP contribution is 2.12. The van der Waals surface area contributed by atoms with Crippen molar-refractivity contribution in [3.63, 3.8) is 0 Å². The van der Waals surface area contributed by atoms with Crippen LogP contribution in [0.4, 0.5) is 0 Å². The molecule has 0 saturated carbocycles. The van der Waals surface area contributed by atoms with E-state index < -0.39 is 0 Å². The molecule has 1 aliphatic heterocycles. The number of nitrogens with one attached hydrogen (secondary N) is 1. The zero-order valence-corrected chi connectivity index (χ0v) is 13.3. The molecule has 1 amide bonds. The summed E-state index contributed by atoms with van der Waals surface area (Å²) in [7, 11) is 0. The van der Waals surface area contributed by atoms with E-state index in [9.17, 15) is 9.59 Å². The molecule has 4 heteroatoms. The predicted octanol–water partition coefficient (Wildman–Crippen LogP) is 3.73. The lowest BCUT2D eigenvalue weighted by Gasteiger charge is -2.06. The molecule has 0 aromatic rings. The van der Waals surface area contributed by atoms with Gasteiger partial charge in [-0.3, -0.25) is 9.59 Å². The average molecular weight is 297 g/mol. The van der Waals surface area contributed by atoms with Gasteiger partial charge in [0.25, 0.3) is 0 Å². The lowest BCUT2D eigenvalue weighted by atomic mass is 10.0. The number of esters is 1. The average Bonchev–Trinajstić information content (AvgIpc) is 2.48. The molecule has 0 bridgehead atoms. The van der Waals surface area contributed by atoms with Crippen LogP contribution in [0.2, 0.25) is 0 Å². The summed E-state index contributed by atoms with van der Waals surface area (Å²) in [5, 5.41) is 2.63. The maximum Gasteiger partial charge on any atom is 0.325 e. The molecule has 0 unspecified atom stereocenters. The molecule has 1 aliphatic rings. The number of amides is 1. The van der Waals surface area contributed by atoms with Crippen LogP contribution in [0.15, 0.2) is 0 Å². The molecule has 1 heterocycles. The fraction of sp³-hybridized carbons (Fsp3) is 0.882. The summed E-state index contributed by atoms with van der Waals surface area (Å²) in [6.45, 7) is 0.494. The zero-order valence-electron chi connectivity index (χ0n) is 13.3. The van der Waals surface area contributed by atoms with Gasteiger partial charge in [0.1, 0.15) is 6.54 Å². The Kier molecular flexibility index (Phi) is 10.8. The lowest BCUT2D eigenvalue weighted by Crippen LogP contribution is -2.30. The van der Waals surface area contributed by atoms with Gasteiger partial charge in [-0.2, -0.15) is 0 Å². The van der Waals surface area contributed by atoms with Crippen LogP contribution in [-0.4, -0.2) is 25.0 Å². The molecule has 1 saturated heterocycles. The minimum absolute atomic E-state index is 0.0127. The maximum atomic E-state index is 11.5. The van der Waals surface area contributed by atoms with E-state index in [4.69, 9.17) is 4.74 Å². The minimum Gasteiger partial charge on any atom is -0.464 e. The summed E-state index contributed by atoms with van der Waals surface area (Å²) in [5.41, 5.74) is 0. The molecular weight excluding hydrogens is 266 g/mol. The van der Waals surface area contributed by atoms with E-state index in [0.717, 1.165) is 25.7 Å². The van der Waals surface area contributed by atoms with E-state index in [1.54, 1.807) is 0 Å². The Morgan fingerprint density at radius 2 is 1.14 bits per heavy atom. The number of carbonyl (C=O) groups is 2. The zero-order chi connectivity index (χ0) is 15.2. The Morgan fingerprint density at radius 1 is 0.667 bits per heavy atom. The second-order valence-corrected chi connectivity index (χ2v) is 5.99. The van der Waals surface area contributed by atoms with E-state index in [0.29, 0.717) is 13.0 Å². The Hall–Kier alpha value is -1.06. The Bertz CT molecular complexity index is 264. The van der Waals surface area contributed by atoms with Crippen molar-refractivity contribution in [3.8, 4) is 0 Å². The Balaban J connectivity index is 2.20. The normalized spacial score (nSPS) is 22.3. The largest absolute Gasteiger partial charge is 0.464 e. The first-order valence-electron chi connectivity index (χ1n) is 8.71. The van der Waals surface area contributed by atoms with Crippen molar-refractivity contribution >= 4 is 11.9 Å². The molecule has 4 nitrogen and oxygen atoms in total. The SMILES string of the molecule is O=C1CCCCCCCCCCCCCCOC(=O)CN1. The van der Waals surface area contributed by atoms with Crippen molar-refractivity contribution in [1.82, 2.24) is 5.32 Å². The molecule has 122 valence electrons. The van der Waals surface area contributed by atoms with E-state index in [1.165, 1.54) is 51.4 Å². The highest BCUT2D eigenvalue weighted by molar-refractivity contribution is 5.81. The molecule has 21 heavy (non-hydrogen) atoms. The Labute approximate surface area is 129 Å². The molecule has 0 aromatic heterocycles. The van der Waals surface area contributed by atoms with E-state index in [1.807, 2.05) is 0 Å². The van der Waals surface area contributed by atoms with Crippen molar-refractivity contribution in [2.45, 2.75) is 83.5 Å². The summed E-state index contributed by atoms with van der Waals surface area (Å²) < 4.78 is 5.10.